The molecule has 6 nitrogen and oxygen atoms in total. The summed E-state index contributed by atoms with van der Waals surface area (Å²) >= 11 is 0. The predicted octanol–water partition coefficient (Wildman–Crippen LogP) is 2.69. The molecule has 0 spiro atoms. The fraction of sp³-hybridized carbons (Fsp3) is 0.471. The van der Waals surface area contributed by atoms with Crippen LogP contribution in [-0.4, -0.2) is 40.3 Å². The van der Waals surface area contributed by atoms with Crippen LogP contribution >= 0.6 is 0 Å². The Morgan fingerprint density at radius 1 is 1.22 bits per heavy atom. The molecular weight excluding hydrogens is 294 g/mol. The highest BCUT2D eigenvalue weighted by atomic mass is 16.5. The molecule has 0 aliphatic heterocycles. The van der Waals surface area contributed by atoms with Crippen molar-refractivity contribution >= 4 is 5.97 Å². The zero-order valence-electron chi connectivity index (χ0n) is 13.4. The minimum absolute atomic E-state index is 0.106. The Kier molecular flexibility index (Phi) is 4.71. The summed E-state index contributed by atoms with van der Waals surface area (Å²) in [5, 5.41) is 7.93. The van der Waals surface area contributed by atoms with E-state index in [1.807, 2.05) is 31.2 Å². The Balaban J connectivity index is 1.65. The molecule has 0 amide bonds. The number of esters is 1. The summed E-state index contributed by atoms with van der Waals surface area (Å²) in [5.41, 5.74) is 2.25. The van der Waals surface area contributed by atoms with Crippen LogP contribution in [-0.2, 0) is 9.47 Å². The van der Waals surface area contributed by atoms with E-state index in [9.17, 15) is 4.79 Å². The third kappa shape index (κ3) is 3.76. The number of ether oxygens (including phenoxy) is 2. The van der Waals surface area contributed by atoms with Crippen LogP contribution in [0.3, 0.4) is 0 Å². The average molecular weight is 315 g/mol. The summed E-state index contributed by atoms with van der Waals surface area (Å²) < 4.78 is 12.5. The number of rotatable bonds is 4. The van der Waals surface area contributed by atoms with Crippen LogP contribution < -0.4 is 0 Å². The summed E-state index contributed by atoms with van der Waals surface area (Å²) in [7, 11) is 1.70. The molecule has 1 aliphatic rings. The first kappa shape index (κ1) is 15.7. The lowest BCUT2D eigenvalue weighted by Crippen LogP contribution is -2.29. The molecule has 1 saturated carbocycles. The van der Waals surface area contributed by atoms with Crippen LogP contribution in [0.4, 0.5) is 0 Å². The van der Waals surface area contributed by atoms with Crippen LogP contribution in [0.1, 0.15) is 41.7 Å². The maximum absolute atomic E-state index is 12.2. The first-order chi connectivity index (χ1) is 11.2. The first-order valence-corrected chi connectivity index (χ1v) is 7.89. The smallest absolute Gasteiger partial charge is 0.360 e. The van der Waals surface area contributed by atoms with Gasteiger partial charge in [-0.25, -0.2) is 9.48 Å². The SMILES string of the molecule is COC1CCCC(OC(=O)c2cn(-c3ccc(C)cc3)nn2)C1. The quantitative estimate of drug-likeness (QED) is 0.812. The fourth-order valence-electron chi connectivity index (χ4n) is 2.82. The molecule has 1 aromatic heterocycles. The van der Waals surface area contributed by atoms with Gasteiger partial charge in [0.25, 0.3) is 0 Å². The number of aromatic nitrogens is 3. The molecule has 2 unspecified atom stereocenters. The van der Waals surface area contributed by atoms with Gasteiger partial charge in [0.05, 0.1) is 18.0 Å². The van der Waals surface area contributed by atoms with Crippen molar-refractivity contribution < 1.29 is 14.3 Å². The molecular formula is C17H21N3O3. The third-order valence-corrected chi connectivity index (χ3v) is 4.19. The minimum atomic E-state index is -0.426. The van der Waals surface area contributed by atoms with Crippen LogP contribution in [0.15, 0.2) is 30.5 Å². The van der Waals surface area contributed by atoms with Crippen molar-refractivity contribution in [2.45, 2.75) is 44.8 Å². The molecule has 0 radical (unpaired) electrons. The third-order valence-electron chi connectivity index (χ3n) is 4.19. The van der Waals surface area contributed by atoms with E-state index >= 15 is 0 Å². The van der Waals surface area contributed by atoms with Gasteiger partial charge in [0, 0.05) is 13.5 Å². The van der Waals surface area contributed by atoms with Crippen LogP contribution in [0.5, 0.6) is 0 Å². The van der Waals surface area contributed by atoms with Crippen molar-refractivity contribution in [2.24, 2.45) is 0 Å². The van der Waals surface area contributed by atoms with Crippen molar-refractivity contribution in [1.82, 2.24) is 15.0 Å². The van der Waals surface area contributed by atoms with Crippen molar-refractivity contribution in [1.29, 1.82) is 0 Å². The molecule has 0 bridgehead atoms. The molecule has 1 fully saturated rings. The molecule has 0 saturated heterocycles. The van der Waals surface area contributed by atoms with Gasteiger partial charge in [0.1, 0.15) is 6.10 Å². The summed E-state index contributed by atoms with van der Waals surface area (Å²) in [6.45, 7) is 2.02. The number of hydrogen-bond donors (Lipinski definition) is 0. The molecule has 1 aromatic carbocycles. The van der Waals surface area contributed by atoms with Gasteiger partial charge in [-0.3, -0.25) is 0 Å². The van der Waals surface area contributed by atoms with Gasteiger partial charge in [0.15, 0.2) is 5.69 Å². The van der Waals surface area contributed by atoms with Gasteiger partial charge in [-0.15, -0.1) is 5.10 Å². The maximum Gasteiger partial charge on any atom is 0.360 e. The molecule has 2 atom stereocenters. The molecule has 3 rings (SSSR count). The van der Waals surface area contributed by atoms with Crippen molar-refractivity contribution in [3.8, 4) is 5.69 Å². The zero-order chi connectivity index (χ0) is 16.2. The Bertz CT molecular complexity index is 666. The lowest BCUT2D eigenvalue weighted by Gasteiger charge is -2.27. The van der Waals surface area contributed by atoms with Crippen LogP contribution in [0.25, 0.3) is 5.69 Å². The summed E-state index contributed by atoms with van der Waals surface area (Å²) in [4.78, 5) is 12.2. The van der Waals surface area contributed by atoms with Crippen molar-refractivity contribution in [2.75, 3.05) is 7.11 Å². The zero-order valence-corrected chi connectivity index (χ0v) is 13.4. The molecule has 122 valence electrons. The Hall–Kier alpha value is -2.21. The van der Waals surface area contributed by atoms with Gasteiger partial charge in [-0.1, -0.05) is 22.9 Å². The van der Waals surface area contributed by atoms with E-state index in [0.29, 0.717) is 0 Å². The van der Waals surface area contributed by atoms with Crippen LogP contribution in [0.2, 0.25) is 0 Å². The van der Waals surface area contributed by atoms with E-state index in [1.165, 1.54) is 5.56 Å². The van der Waals surface area contributed by atoms with Gasteiger partial charge in [0.2, 0.25) is 0 Å². The lowest BCUT2D eigenvalue weighted by molar-refractivity contribution is -0.0153. The maximum atomic E-state index is 12.2. The molecule has 23 heavy (non-hydrogen) atoms. The van der Waals surface area contributed by atoms with Crippen LogP contribution in [0, 0.1) is 6.92 Å². The highest BCUT2D eigenvalue weighted by molar-refractivity contribution is 5.87. The van der Waals surface area contributed by atoms with Gasteiger partial charge in [-0.2, -0.15) is 0 Å². The first-order valence-electron chi connectivity index (χ1n) is 7.89. The van der Waals surface area contributed by atoms with E-state index in [-0.39, 0.29) is 17.9 Å². The van der Waals surface area contributed by atoms with Crippen molar-refractivity contribution in [3.63, 3.8) is 0 Å². The molecule has 1 aliphatic carbocycles. The van der Waals surface area contributed by atoms with Crippen molar-refractivity contribution in [3.05, 3.63) is 41.7 Å². The topological polar surface area (TPSA) is 66.2 Å². The number of nitrogens with zero attached hydrogens (tertiary/aromatic N) is 3. The number of aryl methyl sites for hydroxylation is 1. The summed E-state index contributed by atoms with van der Waals surface area (Å²) in [6, 6.07) is 7.84. The Labute approximate surface area is 135 Å². The standard InChI is InChI=1S/C17H21N3O3/c1-12-6-8-13(9-7-12)20-11-16(18-19-20)17(21)23-15-5-3-4-14(10-15)22-2/h6-9,11,14-15H,3-5,10H2,1-2H3. The second kappa shape index (κ2) is 6.91. The second-order valence-electron chi connectivity index (χ2n) is 5.94. The monoisotopic (exact) mass is 315 g/mol. The van der Waals surface area contributed by atoms with E-state index in [4.69, 9.17) is 9.47 Å². The summed E-state index contributed by atoms with van der Waals surface area (Å²) in [5.74, 6) is -0.426. The van der Waals surface area contributed by atoms with E-state index < -0.39 is 5.97 Å². The van der Waals surface area contributed by atoms with E-state index in [2.05, 4.69) is 10.3 Å². The van der Waals surface area contributed by atoms with Gasteiger partial charge >= 0.3 is 5.97 Å². The molecule has 0 N–H and O–H groups in total. The largest absolute Gasteiger partial charge is 0.457 e. The number of carbonyl (C=O) groups excluding carboxylic acids is 1. The Morgan fingerprint density at radius 3 is 2.70 bits per heavy atom. The Morgan fingerprint density at radius 2 is 1.96 bits per heavy atom. The molecule has 6 heteroatoms. The molecule has 1 heterocycles. The molecule has 2 aromatic rings. The highest BCUT2D eigenvalue weighted by Gasteiger charge is 2.26. The predicted molar refractivity (Wildman–Crippen MR) is 84.6 cm³/mol. The number of methoxy groups -OCH3 is 1. The summed E-state index contributed by atoms with van der Waals surface area (Å²) in [6.07, 6.45) is 5.31. The average Bonchev–Trinajstić information content (AvgIpc) is 3.06. The fourth-order valence-corrected chi connectivity index (χ4v) is 2.82. The normalized spacial score (nSPS) is 21.1. The van der Waals surface area contributed by atoms with Gasteiger partial charge < -0.3 is 9.47 Å². The number of carbonyl (C=O) groups is 1. The van der Waals surface area contributed by atoms with Gasteiger partial charge in [-0.05, 0) is 38.3 Å². The number of benzene rings is 1. The van der Waals surface area contributed by atoms with E-state index in [0.717, 1.165) is 31.4 Å². The second-order valence-corrected chi connectivity index (χ2v) is 5.94. The number of hydrogen-bond acceptors (Lipinski definition) is 5. The highest BCUT2D eigenvalue weighted by Crippen LogP contribution is 2.23. The lowest BCUT2D eigenvalue weighted by atomic mass is 9.95. The minimum Gasteiger partial charge on any atom is -0.457 e. The van der Waals surface area contributed by atoms with E-state index in [1.54, 1.807) is 18.0 Å².